The highest BCUT2D eigenvalue weighted by molar-refractivity contribution is 5.29. The summed E-state index contributed by atoms with van der Waals surface area (Å²) in [5.41, 5.74) is -1.95. The van der Waals surface area contributed by atoms with Crippen molar-refractivity contribution in [2.75, 3.05) is 0 Å². The van der Waals surface area contributed by atoms with E-state index < -0.39 is 23.4 Å². The lowest BCUT2D eigenvalue weighted by atomic mass is 10.1. The highest BCUT2D eigenvalue weighted by Gasteiger charge is 2.38. The number of alkyl halides is 3. The first-order valence-electron chi connectivity index (χ1n) is 3.92. The van der Waals surface area contributed by atoms with Crippen molar-refractivity contribution >= 4 is 0 Å². The third-order valence-electron chi connectivity index (χ3n) is 1.84. The third-order valence-corrected chi connectivity index (χ3v) is 1.84. The molecule has 0 aliphatic carbocycles. The number of hydrogen-bond donors (Lipinski definition) is 0. The van der Waals surface area contributed by atoms with Crippen LogP contribution in [0.2, 0.25) is 0 Å². The van der Waals surface area contributed by atoms with Gasteiger partial charge in [-0.1, -0.05) is 13.0 Å². The summed E-state index contributed by atoms with van der Waals surface area (Å²) in [6.45, 7) is 1.50. The molecule has 0 amide bonds. The molecule has 0 fully saturated rings. The zero-order chi connectivity index (χ0) is 10.9. The molecule has 0 aromatic heterocycles. The molecule has 0 saturated carbocycles. The maximum Gasteiger partial charge on any atom is 0.422 e. The fraction of sp³-hybridized carbons (Fsp3) is 0.333. The molecule has 5 heteroatoms. The second kappa shape index (κ2) is 3.55. The quantitative estimate of drug-likeness (QED) is 0.622. The Morgan fingerprint density at radius 3 is 2.14 bits per heavy atom. The molecule has 0 bridgehead atoms. The van der Waals surface area contributed by atoms with E-state index >= 15 is 0 Å². The maximum absolute atomic E-state index is 13.1. The topological polar surface area (TPSA) is 0 Å². The summed E-state index contributed by atoms with van der Waals surface area (Å²) in [6, 6.07) is 1.64. The minimum absolute atomic E-state index is 0.0925. The van der Waals surface area contributed by atoms with Crippen molar-refractivity contribution in [3.63, 3.8) is 0 Å². The molecule has 0 radical (unpaired) electrons. The third kappa shape index (κ3) is 1.86. The normalized spacial score (nSPS) is 11.9. The van der Waals surface area contributed by atoms with Crippen LogP contribution in [-0.4, -0.2) is 0 Å². The zero-order valence-corrected chi connectivity index (χ0v) is 7.25. The van der Waals surface area contributed by atoms with Crippen LogP contribution in [0.4, 0.5) is 22.0 Å². The van der Waals surface area contributed by atoms with E-state index in [9.17, 15) is 22.0 Å². The SMILES string of the molecule is CCc1ccc(F)c(C(F)(F)F)c1F. The van der Waals surface area contributed by atoms with Crippen molar-refractivity contribution in [1.82, 2.24) is 0 Å². The molecule has 1 aromatic carbocycles. The minimum atomic E-state index is -4.99. The van der Waals surface area contributed by atoms with E-state index in [1.165, 1.54) is 6.92 Å². The van der Waals surface area contributed by atoms with Gasteiger partial charge in [0.05, 0.1) is 0 Å². The van der Waals surface area contributed by atoms with Gasteiger partial charge < -0.3 is 0 Å². The van der Waals surface area contributed by atoms with Crippen LogP contribution >= 0.6 is 0 Å². The van der Waals surface area contributed by atoms with Gasteiger partial charge in [0, 0.05) is 0 Å². The van der Waals surface area contributed by atoms with Crippen molar-refractivity contribution in [2.45, 2.75) is 19.5 Å². The van der Waals surface area contributed by atoms with Gasteiger partial charge in [-0.2, -0.15) is 13.2 Å². The number of hydrogen-bond acceptors (Lipinski definition) is 0. The number of rotatable bonds is 1. The van der Waals surface area contributed by atoms with Crippen molar-refractivity contribution in [3.8, 4) is 0 Å². The summed E-state index contributed by atoms with van der Waals surface area (Å²) in [4.78, 5) is 0. The van der Waals surface area contributed by atoms with E-state index in [0.29, 0.717) is 6.07 Å². The van der Waals surface area contributed by atoms with E-state index in [0.717, 1.165) is 6.07 Å². The highest BCUT2D eigenvalue weighted by Crippen LogP contribution is 2.34. The molecule has 78 valence electrons. The Hall–Kier alpha value is -1.13. The Morgan fingerprint density at radius 1 is 1.14 bits per heavy atom. The Kier molecular flexibility index (Phi) is 2.78. The van der Waals surface area contributed by atoms with Gasteiger partial charge in [0.25, 0.3) is 0 Å². The lowest BCUT2D eigenvalue weighted by Crippen LogP contribution is -2.12. The smallest absolute Gasteiger partial charge is 0.206 e. The first-order valence-corrected chi connectivity index (χ1v) is 3.92. The average Bonchev–Trinajstić information content (AvgIpc) is 2.02. The van der Waals surface area contributed by atoms with E-state index in [4.69, 9.17) is 0 Å². The van der Waals surface area contributed by atoms with Crippen molar-refractivity contribution < 1.29 is 22.0 Å². The van der Waals surface area contributed by atoms with Crippen molar-refractivity contribution in [3.05, 3.63) is 34.9 Å². The van der Waals surface area contributed by atoms with Crippen molar-refractivity contribution in [2.24, 2.45) is 0 Å². The van der Waals surface area contributed by atoms with Gasteiger partial charge in [-0.15, -0.1) is 0 Å². The second-order valence-electron chi connectivity index (χ2n) is 2.75. The molecule has 1 rings (SSSR count). The highest BCUT2D eigenvalue weighted by atomic mass is 19.4. The van der Waals surface area contributed by atoms with Crippen molar-refractivity contribution in [1.29, 1.82) is 0 Å². The predicted octanol–water partition coefficient (Wildman–Crippen LogP) is 3.55. The first kappa shape index (κ1) is 10.9. The van der Waals surface area contributed by atoms with Gasteiger partial charge >= 0.3 is 6.18 Å². The monoisotopic (exact) mass is 210 g/mol. The van der Waals surface area contributed by atoms with E-state index in [1.807, 2.05) is 0 Å². The molecule has 0 unspecified atom stereocenters. The van der Waals surface area contributed by atoms with Crippen LogP contribution in [0, 0.1) is 11.6 Å². The van der Waals surface area contributed by atoms with Gasteiger partial charge in [-0.3, -0.25) is 0 Å². The number of halogens is 5. The van der Waals surface area contributed by atoms with E-state index in [1.54, 1.807) is 0 Å². The standard InChI is InChI=1S/C9H7F5/c1-2-5-3-4-6(10)7(8(5)11)9(12,13)14/h3-4H,2H2,1H3. The molecule has 0 heterocycles. The Bertz CT molecular complexity index is 340. The fourth-order valence-electron chi connectivity index (χ4n) is 1.13. The van der Waals surface area contributed by atoms with Gasteiger partial charge in [-0.25, -0.2) is 8.78 Å². The Labute approximate surface area is 77.4 Å². The van der Waals surface area contributed by atoms with Crippen LogP contribution in [0.3, 0.4) is 0 Å². The first-order chi connectivity index (χ1) is 6.38. The van der Waals surface area contributed by atoms with E-state index in [2.05, 4.69) is 0 Å². The van der Waals surface area contributed by atoms with Crippen LogP contribution in [0.15, 0.2) is 12.1 Å². The summed E-state index contributed by atoms with van der Waals surface area (Å²) in [7, 11) is 0. The number of aryl methyl sites for hydroxylation is 1. The molecule has 0 spiro atoms. The van der Waals surface area contributed by atoms with Crippen LogP contribution in [-0.2, 0) is 12.6 Å². The Morgan fingerprint density at radius 2 is 1.71 bits per heavy atom. The van der Waals surface area contributed by atoms with E-state index in [-0.39, 0.29) is 12.0 Å². The minimum Gasteiger partial charge on any atom is -0.206 e. The van der Waals surface area contributed by atoms with Gasteiger partial charge in [0.1, 0.15) is 17.2 Å². The molecule has 0 atom stereocenters. The summed E-state index contributed by atoms with van der Waals surface area (Å²) in [5, 5.41) is 0. The second-order valence-corrected chi connectivity index (χ2v) is 2.75. The van der Waals surface area contributed by atoms with Gasteiger partial charge in [-0.05, 0) is 18.1 Å². The molecule has 0 nitrogen and oxygen atoms in total. The Balaban J connectivity index is 3.40. The molecule has 0 saturated heterocycles. The molecule has 0 aliphatic heterocycles. The van der Waals surface area contributed by atoms with Crippen LogP contribution in [0.25, 0.3) is 0 Å². The summed E-state index contributed by atoms with van der Waals surface area (Å²) < 4.78 is 62.2. The predicted molar refractivity (Wildman–Crippen MR) is 40.7 cm³/mol. The molecule has 14 heavy (non-hydrogen) atoms. The summed E-state index contributed by atoms with van der Waals surface area (Å²) in [5.74, 6) is -3.09. The van der Waals surface area contributed by atoms with Crippen LogP contribution < -0.4 is 0 Å². The van der Waals surface area contributed by atoms with Gasteiger partial charge in [0.15, 0.2) is 0 Å². The molecule has 1 aromatic rings. The molecule has 0 N–H and O–H groups in total. The van der Waals surface area contributed by atoms with Gasteiger partial charge in [0.2, 0.25) is 0 Å². The largest absolute Gasteiger partial charge is 0.422 e. The molecular weight excluding hydrogens is 203 g/mol. The summed E-state index contributed by atoms with van der Waals surface area (Å²) >= 11 is 0. The molecular formula is C9H7F5. The average molecular weight is 210 g/mol. The zero-order valence-electron chi connectivity index (χ0n) is 7.25. The maximum atomic E-state index is 13.1. The van der Waals surface area contributed by atoms with Crippen LogP contribution in [0.1, 0.15) is 18.1 Å². The van der Waals surface area contributed by atoms with Crippen LogP contribution in [0.5, 0.6) is 0 Å². The lowest BCUT2D eigenvalue weighted by Gasteiger charge is -2.11. The number of benzene rings is 1. The lowest BCUT2D eigenvalue weighted by molar-refractivity contribution is -0.142. The fourth-order valence-corrected chi connectivity index (χ4v) is 1.13. The summed E-state index contributed by atoms with van der Waals surface area (Å²) in [6.07, 6.45) is -4.89. The molecule has 0 aliphatic rings.